The molecule has 0 aliphatic carbocycles. The quantitative estimate of drug-likeness (QED) is 0.194. The zero-order valence-corrected chi connectivity index (χ0v) is 21.3. The summed E-state index contributed by atoms with van der Waals surface area (Å²) in [6.45, 7) is 3.42. The Bertz CT molecular complexity index is 817. The molecule has 0 heterocycles. The molecule has 2 aromatic carbocycles. The molecule has 2 N–H and O–H groups in total. The van der Waals surface area contributed by atoms with E-state index in [4.69, 9.17) is 18.9 Å². The van der Waals surface area contributed by atoms with Crippen molar-refractivity contribution in [3.63, 3.8) is 0 Å². The lowest BCUT2D eigenvalue weighted by Crippen LogP contribution is -2.42. The number of aliphatic imine (C=N–C) groups is 1. The highest BCUT2D eigenvalue weighted by molar-refractivity contribution is 14.0. The molecule has 0 saturated heterocycles. The summed E-state index contributed by atoms with van der Waals surface area (Å²) >= 11 is 0. The van der Waals surface area contributed by atoms with E-state index in [9.17, 15) is 0 Å². The topological polar surface area (TPSA) is 73.3 Å². The number of aryl methyl sites for hydroxylation is 1. The van der Waals surface area contributed by atoms with Crippen molar-refractivity contribution >= 4 is 29.9 Å². The molecule has 1 unspecified atom stereocenters. The van der Waals surface area contributed by atoms with E-state index < -0.39 is 0 Å². The van der Waals surface area contributed by atoms with Crippen LogP contribution in [0.25, 0.3) is 0 Å². The van der Waals surface area contributed by atoms with Gasteiger partial charge in [0.1, 0.15) is 6.10 Å². The van der Waals surface area contributed by atoms with E-state index in [1.807, 2.05) is 43.3 Å². The summed E-state index contributed by atoms with van der Waals surface area (Å²) in [5, 5.41) is 6.63. The van der Waals surface area contributed by atoms with E-state index >= 15 is 0 Å². The van der Waals surface area contributed by atoms with Gasteiger partial charge in [0.25, 0.3) is 0 Å². The van der Waals surface area contributed by atoms with Crippen molar-refractivity contribution in [1.82, 2.24) is 10.6 Å². The highest BCUT2D eigenvalue weighted by atomic mass is 127. The molecule has 0 bridgehead atoms. The number of rotatable bonds is 11. The van der Waals surface area contributed by atoms with Crippen molar-refractivity contribution < 1.29 is 18.9 Å². The Morgan fingerprint density at radius 1 is 0.903 bits per heavy atom. The van der Waals surface area contributed by atoms with E-state index in [2.05, 4.69) is 21.7 Å². The van der Waals surface area contributed by atoms with Gasteiger partial charge >= 0.3 is 0 Å². The number of para-hydroxylation sites is 2. The third-order valence-electron chi connectivity index (χ3n) is 4.56. The molecule has 7 nitrogen and oxygen atoms in total. The van der Waals surface area contributed by atoms with Crippen LogP contribution in [0.3, 0.4) is 0 Å². The smallest absolute Gasteiger partial charge is 0.191 e. The normalized spacial score (nSPS) is 11.7. The van der Waals surface area contributed by atoms with Gasteiger partial charge in [0.2, 0.25) is 0 Å². The van der Waals surface area contributed by atoms with Gasteiger partial charge in [-0.1, -0.05) is 18.2 Å². The summed E-state index contributed by atoms with van der Waals surface area (Å²) in [6, 6.07) is 13.6. The number of nitrogens with zero attached hydrogens (tertiary/aromatic N) is 1. The van der Waals surface area contributed by atoms with Crippen molar-refractivity contribution in [3.8, 4) is 23.0 Å². The molecule has 0 saturated carbocycles. The van der Waals surface area contributed by atoms with Crippen LogP contribution in [0, 0.1) is 0 Å². The van der Waals surface area contributed by atoms with E-state index in [-0.39, 0.29) is 30.1 Å². The van der Waals surface area contributed by atoms with Gasteiger partial charge in [0, 0.05) is 13.6 Å². The SMILES string of the molecule is CN=C(NCCCc1ccc(OC)c(OC)c1)NCC(C)Oc1ccccc1OC.I. The molecule has 2 aromatic rings. The molecule has 0 radical (unpaired) electrons. The Balaban J connectivity index is 0.00000480. The molecule has 1 atom stereocenters. The molecular formula is C23H34IN3O4. The average Bonchev–Trinajstić information content (AvgIpc) is 2.78. The second-order valence-corrected chi connectivity index (χ2v) is 6.75. The maximum absolute atomic E-state index is 5.96. The van der Waals surface area contributed by atoms with Gasteiger partial charge in [0.15, 0.2) is 29.0 Å². The summed E-state index contributed by atoms with van der Waals surface area (Å²) in [7, 11) is 6.69. The van der Waals surface area contributed by atoms with Crippen LogP contribution in [0.1, 0.15) is 18.9 Å². The lowest BCUT2D eigenvalue weighted by molar-refractivity contribution is 0.213. The van der Waals surface area contributed by atoms with Crippen molar-refractivity contribution in [2.24, 2.45) is 4.99 Å². The van der Waals surface area contributed by atoms with Crippen LogP contribution in [-0.2, 0) is 6.42 Å². The number of hydrogen-bond acceptors (Lipinski definition) is 5. The third kappa shape index (κ3) is 8.72. The first-order valence-electron chi connectivity index (χ1n) is 10.1. The van der Waals surface area contributed by atoms with Crippen molar-refractivity contribution in [1.29, 1.82) is 0 Å². The van der Waals surface area contributed by atoms with Crippen LogP contribution in [0.2, 0.25) is 0 Å². The van der Waals surface area contributed by atoms with E-state index in [1.165, 1.54) is 5.56 Å². The molecule has 0 aliphatic heterocycles. The Hall–Kier alpha value is -2.36. The molecule has 0 aromatic heterocycles. The fraction of sp³-hybridized carbons (Fsp3) is 0.435. The Morgan fingerprint density at radius 2 is 1.55 bits per heavy atom. The fourth-order valence-electron chi connectivity index (χ4n) is 2.97. The highest BCUT2D eigenvalue weighted by Gasteiger charge is 2.09. The van der Waals surface area contributed by atoms with E-state index in [0.717, 1.165) is 48.3 Å². The lowest BCUT2D eigenvalue weighted by atomic mass is 10.1. The molecule has 2 rings (SSSR count). The van der Waals surface area contributed by atoms with Gasteiger partial charge < -0.3 is 29.6 Å². The summed E-state index contributed by atoms with van der Waals surface area (Å²) in [6.07, 6.45) is 1.84. The molecule has 8 heteroatoms. The Labute approximate surface area is 202 Å². The van der Waals surface area contributed by atoms with E-state index in [0.29, 0.717) is 6.54 Å². The predicted molar refractivity (Wildman–Crippen MR) is 136 cm³/mol. The number of methoxy groups -OCH3 is 3. The van der Waals surface area contributed by atoms with Gasteiger partial charge in [-0.2, -0.15) is 0 Å². The summed E-state index contributed by atoms with van der Waals surface area (Å²) in [5.74, 6) is 3.70. The summed E-state index contributed by atoms with van der Waals surface area (Å²) < 4.78 is 21.9. The minimum atomic E-state index is -0.0494. The monoisotopic (exact) mass is 543 g/mol. The third-order valence-corrected chi connectivity index (χ3v) is 4.56. The van der Waals surface area contributed by atoms with Crippen LogP contribution in [0.4, 0.5) is 0 Å². The first kappa shape index (κ1) is 26.7. The first-order chi connectivity index (χ1) is 14.6. The average molecular weight is 543 g/mol. The second-order valence-electron chi connectivity index (χ2n) is 6.75. The van der Waals surface area contributed by atoms with E-state index in [1.54, 1.807) is 28.4 Å². The summed E-state index contributed by atoms with van der Waals surface area (Å²) in [4.78, 5) is 4.27. The van der Waals surface area contributed by atoms with Gasteiger partial charge in [-0.3, -0.25) is 4.99 Å². The largest absolute Gasteiger partial charge is 0.493 e. The second kappa shape index (κ2) is 14.6. The lowest BCUT2D eigenvalue weighted by Gasteiger charge is -2.19. The number of nitrogens with one attached hydrogen (secondary N) is 2. The standard InChI is InChI=1S/C23H33N3O4.HI/c1-17(30-21-11-7-6-10-19(21)27-3)16-26-23(24-2)25-14-8-9-18-12-13-20(28-4)22(15-18)29-5;/h6-7,10-13,15,17H,8-9,14,16H2,1-5H3,(H2,24,25,26);1H. The summed E-state index contributed by atoms with van der Waals surface area (Å²) in [5.41, 5.74) is 1.20. The Morgan fingerprint density at radius 3 is 2.19 bits per heavy atom. The maximum atomic E-state index is 5.96. The first-order valence-corrected chi connectivity index (χ1v) is 10.1. The van der Waals surface area contributed by atoms with Crippen molar-refractivity contribution in [2.45, 2.75) is 25.9 Å². The number of guanidine groups is 1. The molecule has 172 valence electrons. The van der Waals surface area contributed by atoms with Crippen LogP contribution in [0.5, 0.6) is 23.0 Å². The molecule has 0 aliphatic rings. The van der Waals surface area contributed by atoms with Crippen LogP contribution >= 0.6 is 24.0 Å². The minimum Gasteiger partial charge on any atom is -0.493 e. The van der Waals surface area contributed by atoms with Gasteiger partial charge in [0.05, 0.1) is 27.9 Å². The zero-order chi connectivity index (χ0) is 21.8. The van der Waals surface area contributed by atoms with Crippen LogP contribution < -0.4 is 29.6 Å². The minimum absolute atomic E-state index is 0. The molecule has 31 heavy (non-hydrogen) atoms. The van der Waals surface area contributed by atoms with Crippen LogP contribution in [0.15, 0.2) is 47.5 Å². The fourth-order valence-corrected chi connectivity index (χ4v) is 2.97. The molecule has 0 spiro atoms. The Kier molecular flexibility index (Phi) is 12.6. The zero-order valence-electron chi connectivity index (χ0n) is 18.9. The number of ether oxygens (including phenoxy) is 4. The maximum Gasteiger partial charge on any atom is 0.191 e. The number of halogens is 1. The highest BCUT2D eigenvalue weighted by Crippen LogP contribution is 2.28. The van der Waals surface area contributed by atoms with Crippen molar-refractivity contribution in [2.75, 3.05) is 41.5 Å². The molecular weight excluding hydrogens is 509 g/mol. The number of benzene rings is 2. The van der Waals surface area contributed by atoms with Gasteiger partial charge in [-0.25, -0.2) is 0 Å². The van der Waals surface area contributed by atoms with Crippen LogP contribution in [-0.4, -0.2) is 53.5 Å². The van der Waals surface area contributed by atoms with Gasteiger partial charge in [-0.05, 0) is 49.6 Å². The van der Waals surface area contributed by atoms with Crippen molar-refractivity contribution in [3.05, 3.63) is 48.0 Å². The molecule has 0 fully saturated rings. The molecule has 0 amide bonds. The predicted octanol–water partition coefficient (Wildman–Crippen LogP) is 3.90. The number of hydrogen-bond donors (Lipinski definition) is 2. The van der Waals surface area contributed by atoms with Gasteiger partial charge in [-0.15, -0.1) is 24.0 Å².